The molecule has 1 saturated heterocycles. The molecule has 2 aromatic carbocycles. The lowest BCUT2D eigenvalue weighted by Crippen LogP contribution is -2.46. The van der Waals surface area contributed by atoms with Crippen LogP contribution >= 0.6 is 23.4 Å². The zero-order valence-electron chi connectivity index (χ0n) is 17.6. The molecule has 2 amide bonds. The number of carbonyl (C=O) groups excluding carboxylic acids is 2. The van der Waals surface area contributed by atoms with Gasteiger partial charge < -0.3 is 14.8 Å². The molecule has 0 aromatic heterocycles. The second kappa shape index (κ2) is 10.5. The summed E-state index contributed by atoms with van der Waals surface area (Å²) in [5.41, 5.74) is 1.66. The van der Waals surface area contributed by atoms with E-state index in [2.05, 4.69) is 10.3 Å². The van der Waals surface area contributed by atoms with Crippen LogP contribution in [0.5, 0.6) is 11.5 Å². The van der Waals surface area contributed by atoms with Crippen LogP contribution in [0, 0.1) is 0 Å². The van der Waals surface area contributed by atoms with Crippen LogP contribution < -0.4 is 14.8 Å². The maximum atomic E-state index is 12.9. The average molecular weight is 462 g/mol. The number of rotatable bonds is 7. The normalized spacial score (nSPS) is 17.5. The predicted molar refractivity (Wildman–Crippen MR) is 124 cm³/mol. The van der Waals surface area contributed by atoms with Crippen LogP contribution in [0.3, 0.4) is 0 Å². The van der Waals surface area contributed by atoms with Gasteiger partial charge in [-0.15, -0.1) is 0 Å². The van der Waals surface area contributed by atoms with Gasteiger partial charge in [0, 0.05) is 25.0 Å². The van der Waals surface area contributed by atoms with Crippen molar-refractivity contribution < 1.29 is 19.1 Å². The van der Waals surface area contributed by atoms with Crippen molar-refractivity contribution in [2.45, 2.75) is 18.1 Å². The first-order valence-electron chi connectivity index (χ1n) is 9.69. The van der Waals surface area contributed by atoms with E-state index in [9.17, 15) is 9.59 Å². The van der Waals surface area contributed by atoms with Gasteiger partial charge in [0.1, 0.15) is 0 Å². The number of amides is 2. The molecule has 164 valence electrons. The molecule has 1 fully saturated rings. The van der Waals surface area contributed by atoms with E-state index >= 15 is 0 Å². The fourth-order valence-electron chi connectivity index (χ4n) is 3.13. The number of ether oxygens (including phenoxy) is 2. The maximum absolute atomic E-state index is 12.9. The topological polar surface area (TPSA) is 80.2 Å². The molecule has 1 heterocycles. The molecule has 0 saturated carbocycles. The van der Waals surface area contributed by atoms with E-state index in [1.54, 1.807) is 50.4 Å². The van der Waals surface area contributed by atoms with E-state index in [-0.39, 0.29) is 18.2 Å². The number of benzene rings is 2. The van der Waals surface area contributed by atoms with Crippen molar-refractivity contribution in [2.75, 3.05) is 27.8 Å². The molecule has 2 aromatic rings. The van der Waals surface area contributed by atoms with Crippen LogP contribution in [0.4, 0.5) is 5.69 Å². The van der Waals surface area contributed by atoms with Gasteiger partial charge in [0.05, 0.1) is 25.2 Å². The number of carbonyl (C=O) groups is 2. The molecule has 0 spiro atoms. The highest BCUT2D eigenvalue weighted by atomic mass is 35.5. The highest BCUT2D eigenvalue weighted by Crippen LogP contribution is 2.31. The quantitative estimate of drug-likeness (QED) is 0.680. The van der Waals surface area contributed by atoms with Crippen molar-refractivity contribution in [3.63, 3.8) is 0 Å². The summed E-state index contributed by atoms with van der Waals surface area (Å²) in [4.78, 5) is 31.3. The van der Waals surface area contributed by atoms with E-state index in [1.165, 1.54) is 11.8 Å². The summed E-state index contributed by atoms with van der Waals surface area (Å²) in [6, 6.07) is 12.7. The Kier molecular flexibility index (Phi) is 7.81. The van der Waals surface area contributed by atoms with E-state index in [1.807, 2.05) is 18.2 Å². The zero-order chi connectivity index (χ0) is 22.4. The number of hydrogen-bond acceptors (Lipinski definition) is 6. The van der Waals surface area contributed by atoms with Crippen LogP contribution in [-0.4, -0.2) is 54.9 Å². The fourth-order valence-corrected chi connectivity index (χ4v) is 4.44. The summed E-state index contributed by atoms with van der Waals surface area (Å²) < 4.78 is 10.6. The number of aliphatic imine (C=N–C) groups is 1. The first-order chi connectivity index (χ1) is 14.9. The number of nitrogens with one attached hydrogen (secondary N) is 1. The lowest BCUT2D eigenvalue weighted by Gasteiger charge is -2.31. The largest absolute Gasteiger partial charge is 0.493 e. The van der Waals surface area contributed by atoms with Crippen molar-refractivity contribution in [2.24, 2.45) is 4.99 Å². The highest BCUT2D eigenvalue weighted by molar-refractivity contribution is 8.15. The Bertz CT molecular complexity index is 981. The lowest BCUT2D eigenvalue weighted by molar-refractivity contribution is -0.130. The van der Waals surface area contributed by atoms with Gasteiger partial charge in [-0.05, 0) is 48.4 Å². The van der Waals surface area contributed by atoms with Gasteiger partial charge in [-0.1, -0.05) is 29.4 Å². The number of thioether (sulfide) groups is 1. The van der Waals surface area contributed by atoms with Crippen LogP contribution in [0.25, 0.3) is 0 Å². The van der Waals surface area contributed by atoms with Crippen molar-refractivity contribution >= 4 is 46.0 Å². The highest BCUT2D eigenvalue weighted by Gasteiger charge is 2.35. The Morgan fingerprint density at radius 3 is 2.55 bits per heavy atom. The van der Waals surface area contributed by atoms with Crippen molar-refractivity contribution in [1.82, 2.24) is 10.2 Å². The Morgan fingerprint density at radius 1 is 1.19 bits per heavy atom. The second-order valence-electron chi connectivity index (χ2n) is 6.78. The Hall–Kier alpha value is -2.71. The lowest BCUT2D eigenvalue weighted by atomic mass is 10.1. The molecule has 9 heteroatoms. The van der Waals surface area contributed by atoms with E-state index < -0.39 is 5.25 Å². The third-order valence-corrected chi connectivity index (χ3v) is 6.24. The van der Waals surface area contributed by atoms with Gasteiger partial charge >= 0.3 is 0 Å². The maximum Gasteiger partial charge on any atom is 0.233 e. The number of methoxy groups -OCH3 is 2. The summed E-state index contributed by atoms with van der Waals surface area (Å²) in [5, 5.41) is 3.20. The van der Waals surface area contributed by atoms with Crippen LogP contribution in [0.1, 0.15) is 12.0 Å². The molecular weight excluding hydrogens is 438 g/mol. The van der Waals surface area contributed by atoms with E-state index in [4.69, 9.17) is 21.1 Å². The fraction of sp³-hybridized carbons (Fsp3) is 0.318. The monoisotopic (exact) mass is 461 g/mol. The van der Waals surface area contributed by atoms with E-state index in [0.29, 0.717) is 40.3 Å². The van der Waals surface area contributed by atoms with E-state index in [0.717, 1.165) is 5.56 Å². The third-order valence-electron chi connectivity index (χ3n) is 4.80. The molecular formula is C22H24ClN3O4S. The van der Waals surface area contributed by atoms with Gasteiger partial charge in [0.25, 0.3) is 0 Å². The predicted octanol–water partition coefficient (Wildman–Crippen LogP) is 3.67. The molecule has 0 radical (unpaired) electrons. The molecule has 31 heavy (non-hydrogen) atoms. The molecule has 1 atom stereocenters. The number of nitrogens with zero attached hydrogens (tertiary/aromatic N) is 2. The van der Waals surface area contributed by atoms with Gasteiger partial charge in [-0.3, -0.25) is 14.5 Å². The Labute approximate surface area is 190 Å². The molecule has 7 nitrogen and oxygen atoms in total. The smallest absolute Gasteiger partial charge is 0.233 e. The standard InChI is InChI=1S/C22H24ClN3O4S/c1-24-21(28)19-13-20(27)26(22(31-19)25-16-7-5-15(23)6-8-16)11-10-14-4-9-17(29-2)18(12-14)30-3/h4-9,12,19H,10-11,13H2,1-3H3,(H,24,28). The molecule has 3 rings (SSSR count). The Balaban J connectivity index is 1.84. The number of halogens is 1. The number of hydrogen-bond donors (Lipinski definition) is 1. The zero-order valence-corrected chi connectivity index (χ0v) is 19.1. The SMILES string of the molecule is CNC(=O)C1CC(=O)N(CCc2ccc(OC)c(OC)c2)C(=Nc2ccc(Cl)cc2)S1. The molecule has 1 N–H and O–H groups in total. The minimum Gasteiger partial charge on any atom is -0.493 e. The molecule has 1 aliphatic rings. The summed E-state index contributed by atoms with van der Waals surface area (Å²) in [6.07, 6.45) is 0.715. The Morgan fingerprint density at radius 2 is 1.90 bits per heavy atom. The molecule has 0 aliphatic carbocycles. The summed E-state index contributed by atoms with van der Waals surface area (Å²) in [5.74, 6) is 0.950. The first kappa shape index (κ1) is 23.0. The number of amidine groups is 1. The molecule has 1 unspecified atom stereocenters. The van der Waals surface area contributed by atoms with Gasteiger partial charge in [-0.2, -0.15) is 0 Å². The average Bonchev–Trinajstić information content (AvgIpc) is 2.79. The van der Waals surface area contributed by atoms with Crippen molar-refractivity contribution in [1.29, 1.82) is 0 Å². The van der Waals surface area contributed by atoms with Crippen molar-refractivity contribution in [3.05, 3.63) is 53.1 Å². The second-order valence-corrected chi connectivity index (χ2v) is 8.39. The minimum atomic E-state index is -0.513. The molecule has 1 aliphatic heterocycles. The first-order valence-corrected chi connectivity index (χ1v) is 10.9. The van der Waals surface area contributed by atoms with Crippen LogP contribution in [0.2, 0.25) is 5.02 Å². The van der Waals surface area contributed by atoms with Gasteiger partial charge in [-0.25, -0.2) is 4.99 Å². The summed E-state index contributed by atoms with van der Waals surface area (Å²) >= 11 is 7.25. The third kappa shape index (κ3) is 5.71. The summed E-state index contributed by atoms with van der Waals surface area (Å²) in [7, 11) is 4.73. The minimum absolute atomic E-state index is 0.121. The van der Waals surface area contributed by atoms with Gasteiger partial charge in [0.2, 0.25) is 11.8 Å². The van der Waals surface area contributed by atoms with Crippen LogP contribution in [-0.2, 0) is 16.0 Å². The van der Waals surface area contributed by atoms with Crippen LogP contribution in [0.15, 0.2) is 47.5 Å². The van der Waals surface area contributed by atoms with Crippen molar-refractivity contribution in [3.8, 4) is 11.5 Å². The summed E-state index contributed by atoms with van der Waals surface area (Å²) in [6.45, 7) is 0.425. The van der Waals surface area contributed by atoms with Gasteiger partial charge in [0.15, 0.2) is 16.7 Å². The molecule has 0 bridgehead atoms.